The Bertz CT molecular complexity index is 371. The molecule has 0 saturated carbocycles. The summed E-state index contributed by atoms with van der Waals surface area (Å²) in [5.41, 5.74) is 0.947. The molecule has 1 saturated heterocycles. The fourth-order valence-corrected chi connectivity index (χ4v) is 2.39. The molecule has 1 N–H and O–H groups in total. The summed E-state index contributed by atoms with van der Waals surface area (Å²) in [4.78, 5) is 2.26. The van der Waals surface area contributed by atoms with Crippen LogP contribution in [0.1, 0.15) is 18.4 Å². The minimum absolute atomic E-state index is 0.133. The van der Waals surface area contributed by atoms with Crippen LogP contribution in [-0.4, -0.2) is 56.1 Å². The maximum Gasteiger partial charge on any atom is 0.151 e. The largest absolute Gasteiger partial charge is 0.377 e. The molecule has 2 unspecified atom stereocenters. The Morgan fingerprint density at radius 3 is 2.63 bits per heavy atom. The molecule has 0 amide bonds. The normalized spacial score (nSPS) is 24.2. The van der Waals surface area contributed by atoms with E-state index in [-0.39, 0.29) is 12.2 Å². The SMILES string of the molecule is CCNCc1cc(CN2CC(OC)C(OC)C2)on1. The molecule has 0 aliphatic carbocycles. The van der Waals surface area contributed by atoms with Crippen LogP contribution in [0.15, 0.2) is 10.6 Å². The van der Waals surface area contributed by atoms with Gasteiger partial charge in [0.1, 0.15) is 0 Å². The second-order valence-electron chi connectivity index (χ2n) is 4.81. The van der Waals surface area contributed by atoms with E-state index in [0.29, 0.717) is 0 Å². The average Bonchev–Trinajstić information content (AvgIpc) is 3.03. The molecular formula is C13H23N3O3. The van der Waals surface area contributed by atoms with Gasteiger partial charge in [0.25, 0.3) is 0 Å². The first kappa shape index (κ1) is 14.5. The van der Waals surface area contributed by atoms with Crippen molar-refractivity contribution in [3.8, 4) is 0 Å². The van der Waals surface area contributed by atoms with Gasteiger partial charge in [-0.2, -0.15) is 0 Å². The number of methoxy groups -OCH3 is 2. The molecule has 1 aliphatic heterocycles. The van der Waals surface area contributed by atoms with Crippen LogP contribution in [0.4, 0.5) is 0 Å². The smallest absolute Gasteiger partial charge is 0.151 e. The van der Waals surface area contributed by atoms with Gasteiger partial charge in [0, 0.05) is 39.9 Å². The van der Waals surface area contributed by atoms with E-state index in [0.717, 1.165) is 44.2 Å². The molecule has 108 valence electrons. The second-order valence-corrected chi connectivity index (χ2v) is 4.81. The number of hydrogen-bond donors (Lipinski definition) is 1. The number of likely N-dealkylation sites (tertiary alicyclic amines) is 1. The number of nitrogens with zero attached hydrogens (tertiary/aromatic N) is 2. The van der Waals surface area contributed by atoms with Gasteiger partial charge in [-0.1, -0.05) is 12.1 Å². The van der Waals surface area contributed by atoms with E-state index in [1.807, 2.05) is 6.07 Å². The van der Waals surface area contributed by atoms with Gasteiger partial charge < -0.3 is 19.3 Å². The highest BCUT2D eigenvalue weighted by Crippen LogP contribution is 2.18. The lowest BCUT2D eigenvalue weighted by Gasteiger charge is -2.13. The predicted octanol–water partition coefficient (Wildman–Crippen LogP) is 0.630. The molecular weight excluding hydrogens is 246 g/mol. The summed E-state index contributed by atoms with van der Waals surface area (Å²) in [5.74, 6) is 0.888. The van der Waals surface area contributed by atoms with Crippen LogP contribution in [0.3, 0.4) is 0 Å². The zero-order valence-electron chi connectivity index (χ0n) is 11.9. The molecule has 1 aromatic rings. The van der Waals surface area contributed by atoms with Gasteiger partial charge >= 0.3 is 0 Å². The molecule has 0 bridgehead atoms. The molecule has 1 fully saturated rings. The van der Waals surface area contributed by atoms with Gasteiger partial charge in [0.15, 0.2) is 5.76 Å². The second kappa shape index (κ2) is 7.00. The van der Waals surface area contributed by atoms with Crippen LogP contribution in [0.5, 0.6) is 0 Å². The summed E-state index contributed by atoms with van der Waals surface area (Å²) in [7, 11) is 3.45. The van der Waals surface area contributed by atoms with Gasteiger partial charge in [-0.25, -0.2) is 0 Å². The van der Waals surface area contributed by atoms with Gasteiger partial charge in [-0.3, -0.25) is 4.90 Å². The van der Waals surface area contributed by atoms with Crippen LogP contribution < -0.4 is 5.32 Å². The summed E-state index contributed by atoms with van der Waals surface area (Å²) in [6.07, 6.45) is 0.267. The van der Waals surface area contributed by atoms with Crippen LogP contribution in [0, 0.1) is 0 Å². The highest BCUT2D eigenvalue weighted by Gasteiger charge is 2.33. The standard InChI is InChI=1S/C13H23N3O3/c1-4-14-6-10-5-11(19-15-10)7-16-8-12(17-2)13(9-16)18-3/h5,12-14H,4,6-9H2,1-3H3. The zero-order valence-corrected chi connectivity index (χ0v) is 11.9. The minimum atomic E-state index is 0.133. The van der Waals surface area contributed by atoms with Gasteiger partial charge in [-0.05, 0) is 6.54 Å². The Hall–Kier alpha value is -0.950. The van der Waals surface area contributed by atoms with Crippen molar-refractivity contribution in [2.75, 3.05) is 33.9 Å². The summed E-state index contributed by atoms with van der Waals surface area (Å²) in [5, 5.41) is 7.28. The minimum Gasteiger partial charge on any atom is -0.377 e. The maximum absolute atomic E-state index is 5.42. The molecule has 19 heavy (non-hydrogen) atoms. The van der Waals surface area contributed by atoms with Crippen molar-refractivity contribution in [1.29, 1.82) is 0 Å². The molecule has 6 nitrogen and oxygen atoms in total. The highest BCUT2D eigenvalue weighted by atomic mass is 16.5. The van der Waals surface area contributed by atoms with Crippen LogP contribution >= 0.6 is 0 Å². The lowest BCUT2D eigenvalue weighted by atomic mass is 10.3. The Morgan fingerprint density at radius 2 is 2.05 bits per heavy atom. The molecule has 0 aromatic carbocycles. The van der Waals surface area contributed by atoms with Gasteiger partial charge in [0.2, 0.25) is 0 Å². The Balaban J connectivity index is 1.86. The number of ether oxygens (including phenoxy) is 2. The van der Waals surface area contributed by atoms with Crippen LogP contribution in [0.25, 0.3) is 0 Å². The lowest BCUT2D eigenvalue weighted by molar-refractivity contribution is -0.00461. The molecule has 2 rings (SSSR count). The highest BCUT2D eigenvalue weighted by molar-refractivity contribution is 5.05. The van der Waals surface area contributed by atoms with Crippen molar-refractivity contribution in [3.63, 3.8) is 0 Å². The Morgan fingerprint density at radius 1 is 1.37 bits per heavy atom. The van der Waals surface area contributed by atoms with Crippen molar-refractivity contribution in [2.24, 2.45) is 0 Å². The third-order valence-electron chi connectivity index (χ3n) is 3.44. The van der Waals surface area contributed by atoms with Gasteiger partial charge in [0.05, 0.1) is 24.4 Å². The van der Waals surface area contributed by atoms with Crippen LogP contribution in [-0.2, 0) is 22.6 Å². The number of hydrogen-bond acceptors (Lipinski definition) is 6. The molecule has 1 aromatic heterocycles. The van der Waals surface area contributed by atoms with Crippen molar-refractivity contribution in [3.05, 3.63) is 17.5 Å². The van der Waals surface area contributed by atoms with E-state index in [4.69, 9.17) is 14.0 Å². The van der Waals surface area contributed by atoms with Crippen molar-refractivity contribution < 1.29 is 14.0 Å². The Labute approximate surface area is 114 Å². The summed E-state index contributed by atoms with van der Waals surface area (Å²) < 4.78 is 16.2. The maximum atomic E-state index is 5.42. The average molecular weight is 269 g/mol. The lowest BCUT2D eigenvalue weighted by Crippen LogP contribution is -2.27. The molecule has 0 radical (unpaired) electrons. The first-order valence-electron chi connectivity index (χ1n) is 6.70. The van der Waals surface area contributed by atoms with Crippen LogP contribution in [0.2, 0.25) is 0 Å². The molecule has 0 spiro atoms. The molecule has 2 atom stereocenters. The molecule has 2 heterocycles. The Kier molecular flexibility index (Phi) is 5.33. The van der Waals surface area contributed by atoms with Crippen molar-refractivity contribution in [1.82, 2.24) is 15.4 Å². The zero-order chi connectivity index (χ0) is 13.7. The first-order valence-corrected chi connectivity index (χ1v) is 6.70. The van der Waals surface area contributed by atoms with Crippen molar-refractivity contribution >= 4 is 0 Å². The van der Waals surface area contributed by atoms with E-state index >= 15 is 0 Å². The fourth-order valence-electron chi connectivity index (χ4n) is 2.39. The van der Waals surface area contributed by atoms with E-state index in [9.17, 15) is 0 Å². The van der Waals surface area contributed by atoms with E-state index < -0.39 is 0 Å². The number of nitrogens with one attached hydrogen (secondary N) is 1. The quantitative estimate of drug-likeness (QED) is 0.783. The van der Waals surface area contributed by atoms with E-state index in [1.54, 1.807) is 14.2 Å². The van der Waals surface area contributed by atoms with Gasteiger partial charge in [-0.15, -0.1) is 0 Å². The monoisotopic (exact) mass is 269 g/mol. The van der Waals surface area contributed by atoms with E-state index in [1.165, 1.54) is 0 Å². The number of rotatable bonds is 7. The molecule has 6 heteroatoms. The fraction of sp³-hybridized carbons (Fsp3) is 0.769. The molecule has 1 aliphatic rings. The summed E-state index contributed by atoms with van der Waals surface area (Å²) in [6, 6.07) is 2.00. The predicted molar refractivity (Wildman–Crippen MR) is 70.8 cm³/mol. The third-order valence-corrected chi connectivity index (χ3v) is 3.44. The summed E-state index contributed by atoms with van der Waals surface area (Å²) in [6.45, 7) is 6.22. The topological polar surface area (TPSA) is 59.8 Å². The first-order chi connectivity index (χ1) is 9.26. The van der Waals surface area contributed by atoms with E-state index in [2.05, 4.69) is 22.3 Å². The summed E-state index contributed by atoms with van der Waals surface area (Å²) >= 11 is 0. The number of aromatic nitrogens is 1. The third kappa shape index (κ3) is 3.76. The van der Waals surface area contributed by atoms with Crippen molar-refractivity contribution in [2.45, 2.75) is 32.2 Å².